The molecule has 2 heteroatoms. The average molecular weight is 253 g/mol. The molecular weight excluding hydrogens is 234 g/mol. The van der Waals surface area contributed by atoms with Crippen LogP contribution >= 0.6 is 0 Å². The molecule has 2 aromatic rings. The fourth-order valence-corrected chi connectivity index (χ4v) is 1.82. The van der Waals surface area contributed by atoms with Gasteiger partial charge in [0.1, 0.15) is 5.75 Å². The van der Waals surface area contributed by atoms with Crippen LogP contribution in [0.3, 0.4) is 0 Å². The molecule has 0 saturated heterocycles. The topological polar surface area (TPSA) is 21.3 Å². The summed E-state index contributed by atoms with van der Waals surface area (Å²) in [5, 5.41) is 3.36. The van der Waals surface area contributed by atoms with E-state index in [0.717, 1.165) is 18.0 Å². The predicted molar refractivity (Wildman–Crippen MR) is 81.6 cm³/mol. The van der Waals surface area contributed by atoms with Crippen molar-refractivity contribution >= 4 is 11.8 Å². The Labute approximate surface area is 114 Å². The molecule has 0 amide bonds. The molecule has 0 fully saturated rings. The van der Waals surface area contributed by atoms with Crippen LogP contribution in [-0.4, -0.2) is 13.2 Å². The van der Waals surface area contributed by atoms with Crippen molar-refractivity contribution < 1.29 is 4.74 Å². The largest absolute Gasteiger partial charge is 0.492 e. The Bertz CT molecular complexity index is 520. The molecule has 0 aliphatic heterocycles. The van der Waals surface area contributed by atoms with Gasteiger partial charge in [0.2, 0.25) is 0 Å². The van der Waals surface area contributed by atoms with Gasteiger partial charge in [-0.3, -0.25) is 0 Å². The third kappa shape index (κ3) is 4.18. The van der Waals surface area contributed by atoms with Crippen LogP contribution in [0.1, 0.15) is 12.5 Å². The number of nitrogens with one attached hydrogen (secondary N) is 1. The molecule has 0 aromatic heterocycles. The Morgan fingerprint density at radius 3 is 2.53 bits per heavy atom. The molecule has 0 aliphatic carbocycles. The maximum Gasteiger partial charge on any atom is 0.142 e. The Morgan fingerprint density at radius 2 is 1.74 bits per heavy atom. The smallest absolute Gasteiger partial charge is 0.142 e. The quantitative estimate of drug-likeness (QED) is 0.832. The SMILES string of the molecule is CCOc1ccccc1NCC=Cc1ccccc1. The van der Waals surface area contributed by atoms with Gasteiger partial charge in [0.05, 0.1) is 12.3 Å². The highest BCUT2D eigenvalue weighted by Crippen LogP contribution is 2.23. The van der Waals surface area contributed by atoms with Gasteiger partial charge >= 0.3 is 0 Å². The summed E-state index contributed by atoms with van der Waals surface area (Å²) in [7, 11) is 0. The molecule has 2 nitrogen and oxygen atoms in total. The first-order chi connectivity index (χ1) is 9.40. The van der Waals surface area contributed by atoms with Crippen molar-refractivity contribution in [1.82, 2.24) is 0 Å². The molecular formula is C17H19NO. The monoisotopic (exact) mass is 253 g/mol. The summed E-state index contributed by atoms with van der Waals surface area (Å²) < 4.78 is 5.57. The fraction of sp³-hybridized carbons (Fsp3) is 0.176. The minimum atomic E-state index is 0.679. The van der Waals surface area contributed by atoms with Gasteiger partial charge in [-0.25, -0.2) is 0 Å². The summed E-state index contributed by atoms with van der Waals surface area (Å²) >= 11 is 0. The maximum atomic E-state index is 5.57. The summed E-state index contributed by atoms with van der Waals surface area (Å²) in [5.74, 6) is 0.901. The highest BCUT2D eigenvalue weighted by Gasteiger charge is 1.99. The summed E-state index contributed by atoms with van der Waals surface area (Å²) in [5.41, 5.74) is 2.24. The molecule has 0 saturated carbocycles. The molecule has 0 aliphatic rings. The first kappa shape index (κ1) is 13.2. The van der Waals surface area contributed by atoms with Gasteiger partial charge in [0, 0.05) is 6.54 Å². The number of hydrogen-bond acceptors (Lipinski definition) is 2. The first-order valence-corrected chi connectivity index (χ1v) is 6.57. The van der Waals surface area contributed by atoms with Crippen molar-refractivity contribution in [3.05, 3.63) is 66.2 Å². The number of para-hydroxylation sites is 2. The maximum absolute atomic E-state index is 5.57. The molecule has 2 rings (SSSR count). The van der Waals surface area contributed by atoms with Crippen molar-refractivity contribution in [2.24, 2.45) is 0 Å². The van der Waals surface area contributed by atoms with Crippen LogP contribution in [0, 0.1) is 0 Å². The molecule has 0 unspecified atom stereocenters. The van der Waals surface area contributed by atoms with E-state index in [1.54, 1.807) is 0 Å². The van der Waals surface area contributed by atoms with Crippen molar-refractivity contribution in [2.45, 2.75) is 6.92 Å². The van der Waals surface area contributed by atoms with E-state index in [4.69, 9.17) is 4.74 Å². The van der Waals surface area contributed by atoms with E-state index in [0.29, 0.717) is 6.61 Å². The minimum absolute atomic E-state index is 0.679. The second-order valence-electron chi connectivity index (χ2n) is 4.12. The van der Waals surface area contributed by atoms with Crippen LogP contribution in [0.4, 0.5) is 5.69 Å². The van der Waals surface area contributed by atoms with Crippen molar-refractivity contribution in [1.29, 1.82) is 0 Å². The molecule has 0 atom stereocenters. The van der Waals surface area contributed by atoms with Gasteiger partial charge in [-0.1, -0.05) is 54.6 Å². The summed E-state index contributed by atoms with van der Waals surface area (Å²) in [6.45, 7) is 3.45. The number of hydrogen-bond donors (Lipinski definition) is 1. The lowest BCUT2D eigenvalue weighted by molar-refractivity contribution is 0.342. The molecule has 0 spiro atoms. The normalized spacial score (nSPS) is 10.6. The second-order valence-corrected chi connectivity index (χ2v) is 4.12. The van der Waals surface area contributed by atoms with Crippen LogP contribution in [0.2, 0.25) is 0 Å². The van der Waals surface area contributed by atoms with Gasteiger partial charge in [-0.2, -0.15) is 0 Å². The molecule has 2 aromatic carbocycles. The lowest BCUT2D eigenvalue weighted by Gasteiger charge is -2.10. The molecule has 19 heavy (non-hydrogen) atoms. The number of rotatable bonds is 6. The zero-order valence-electron chi connectivity index (χ0n) is 11.2. The minimum Gasteiger partial charge on any atom is -0.492 e. The van der Waals surface area contributed by atoms with Crippen LogP contribution in [0.25, 0.3) is 6.08 Å². The Hall–Kier alpha value is -2.22. The Morgan fingerprint density at radius 1 is 1.00 bits per heavy atom. The summed E-state index contributed by atoms with van der Waals surface area (Å²) in [4.78, 5) is 0. The third-order valence-corrected chi connectivity index (χ3v) is 2.71. The lowest BCUT2D eigenvalue weighted by atomic mass is 10.2. The molecule has 1 N–H and O–H groups in total. The van der Waals surface area contributed by atoms with Crippen molar-refractivity contribution in [3.8, 4) is 5.75 Å². The predicted octanol–water partition coefficient (Wildman–Crippen LogP) is 4.21. The van der Waals surface area contributed by atoms with E-state index in [2.05, 4.69) is 29.6 Å². The van der Waals surface area contributed by atoms with Gasteiger partial charge < -0.3 is 10.1 Å². The van der Waals surface area contributed by atoms with Crippen molar-refractivity contribution in [3.63, 3.8) is 0 Å². The summed E-state index contributed by atoms with van der Waals surface area (Å²) in [6.07, 6.45) is 4.22. The van der Waals surface area contributed by atoms with E-state index < -0.39 is 0 Å². The van der Waals surface area contributed by atoms with E-state index in [9.17, 15) is 0 Å². The highest BCUT2D eigenvalue weighted by molar-refractivity contribution is 5.57. The van der Waals surface area contributed by atoms with Gasteiger partial charge in [0.25, 0.3) is 0 Å². The molecule has 0 bridgehead atoms. The van der Waals surface area contributed by atoms with E-state index in [1.165, 1.54) is 5.56 Å². The van der Waals surface area contributed by atoms with Crippen molar-refractivity contribution in [2.75, 3.05) is 18.5 Å². The van der Waals surface area contributed by atoms with Gasteiger partial charge in [-0.05, 0) is 24.6 Å². The van der Waals surface area contributed by atoms with E-state index in [1.807, 2.05) is 49.4 Å². The third-order valence-electron chi connectivity index (χ3n) is 2.71. The van der Waals surface area contributed by atoms with Crippen LogP contribution in [-0.2, 0) is 0 Å². The van der Waals surface area contributed by atoms with Crippen LogP contribution in [0.5, 0.6) is 5.75 Å². The average Bonchev–Trinajstić information content (AvgIpc) is 2.47. The summed E-state index contributed by atoms with van der Waals surface area (Å²) in [6, 6.07) is 18.3. The molecule has 98 valence electrons. The van der Waals surface area contributed by atoms with E-state index in [-0.39, 0.29) is 0 Å². The zero-order valence-corrected chi connectivity index (χ0v) is 11.2. The number of ether oxygens (including phenoxy) is 1. The van der Waals surface area contributed by atoms with Crippen LogP contribution in [0.15, 0.2) is 60.7 Å². The Kier molecular flexibility index (Phi) is 5.06. The van der Waals surface area contributed by atoms with Gasteiger partial charge in [-0.15, -0.1) is 0 Å². The second kappa shape index (κ2) is 7.27. The van der Waals surface area contributed by atoms with E-state index >= 15 is 0 Å². The van der Waals surface area contributed by atoms with Crippen LogP contribution < -0.4 is 10.1 Å². The first-order valence-electron chi connectivity index (χ1n) is 6.57. The number of anilines is 1. The molecule has 0 heterocycles. The fourth-order valence-electron chi connectivity index (χ4n) is 1.82. The zero-order chi connectivity index (χ0) is 13.3. The number of benzene rings is 2. The van der Waals surface area contributed by atoms with Gasteiger partial charge in [0.15, 0.2) is 0 Å². The lowest BCUT2D eigenvalue weighted by Crippen LogP contribution is -2.01. The Balaban J connectivity index is 1.91. The molecule has 0 radical (unpaired) electrons. The standard InChI is InChI=1S/C17H19NO/c1-2-19-17-13-7-6-12-16(17)18-14-8-11-15-9-4-3-5-10-15/h3-13,18H,2,14H2,1H3. The highest BCUT2D eigenvalue weighted by atomic mass is 16.5.